The molecule has 0 saturated heterocycles. The first-order chi connectivity index (χ1) is 9.40. The maximum atomic E-state index is 11.5. The first kappa shape index (κ1) is 16.0. The fourth-order valence-electron chi connectivity index (χ4n) is 1.53. The molecule has 4 N–H and O–H groups in total. The third kappa shape index (κ3) is 5.29. The van der Waals surface area contributed by atoms with E-state index >= 15 is 0 Å². The van der Waals surface area contributed by atoms with Crippen LogP contribution in [0.15, 0.2) is 6.33 Å². The highest BCUT2D eigenvalue weighted by atomic mass is 16.5. The molecule has 0 aliphatic rings. The van der Waals surface area contributed by atoms with Crippen molar-refractivity contribution in [2.24, 2.45) is 0 Å². The zero-order valence-electron chi connectivity index (χ0n) is 12.4. The lowest BCUT2D eigenvalue weighted by Crippen LogP contribution is -2.31. The van der Waals surface area contributed by atoms with Crippen LogP contribution in [0.1, 0.15) is 34.1 Å². The van der Waals surface area contributed by atoms with Crippen molar-refractivity contribution in [2.75, 3.05) is 17.6 Å². The number of nitrogen functional groups attached to an aromatic ring is 1. The Balaban J connectivity index is 2.54. The van der Waals surface area contributed by atoms with Gasteiger partial charge < -0.3 is 21.1 Å². The van der Waals surface area contributed by atoms with E-state index in [2.05, 4.69) is 20.6 Å². The smallest absolute Gasteiger partial charge is 0.242 e. The van der Waals surface area contributed by atoms with Crippen molar-refractivity contribution < 1.29 is 9.53 Å². The Morgan fingerprint density at radius 2 is 2.05 bits per heavy atom. The predicted octanol–water partition coefficient (Wildman–Crippen LogP) is 1.17. The monoisotopic (exact) mass is 281 g/mol. The molecule has 0 aliphatic heterocycles. The molecule has 20 heavy (non-hydrogen) atoms. The Morgan fingerprint density at radius 3 is 2.65 bits per heavy atom. The Kier molecular flexibility index (Phi) is 6.02. The number of nitrogens with two attached hydrogens (primary N) is 1. The van der Waals surface area contributed by atoms with Gasteiger partial charge in [0.25, 0.3) is 0 Å². The third-order valence-electron chi connectivity index (χ3n) is 2.29. The summed E-state index contributed by atoms with van der Waals surface area (Å²) in [5, 5.41) is 5.83. The molecule has 1 amide bonds. The number of aromatic nitrogens is 2. The van der Waals surface area contributed by atoms with Crippen molar-refractivity contribution in [3.63, 3.8) is 0 Å². The quantitative estimate of drug-likeness (QED) is 0.693. The zero-order valence-corrected chi connectivity index (χ0v) is 12.4. The minimum Gasteiger partial charge on any atom is -0.473 e. The van der Waals surface area contributed by atoms with Gasteiger partial charge in [-0.2, -0.15) is 4.98 Å². The van der Waals surface area contributed by atoms with Crippen molar-refractivity contribution in [3.8, 4) is 5.88 Å². The summed E-state index contributed by atoms with van der Waals surface area (Å²) < 4.78 is 5.47. The number of carbonyl (C=O) groups is 1. The molecule has 0 aromatic carbocycles. The van der Waals surface area contributed by atoms with E-state index in [9.17, 15) is 4.79 Å². The van der Waals surface area contributed by atoms with Crippen LogP contribution in [0.2, 0.25) is 0 Å². The Hall–Kier alpha value is -2.05. The van der Waals surface area contributed by atoms with Crippen molar-refractivity contribution in [3.05, 3.63) is 6.33 Å². The van der Waals surface area contributed by atoms with Gasteiger partial charge in [0.15, 0.2) is 5.82 Å². The van der Waals surface area contributed by atoms with Crippen LogP contribution in [0, 0.1) is 0 Å². The van der Waals surface area contributed by atoms with E-state index in [1.54, 1.807) is 0 Å². The SMILES string of the molecule is CC(C)NC(=O)CCNc1ncnc(OC(C)C)c1N. The van der Waals surface area contributed by atoms with Crippen LogP contribution >= 0.6 is 0 Å². The summed E-state index contributed by atoms with van der Waals surface area (Å²) in [7, 11) is 0. The summed E-state index contributed by atoms with van der Waals surface area (Å²) in [5.74, 6) is 0.816. The van der Waals surface area contributed by atoms with Gasteiger partial charge in [-0.1, -0.05) is 0 Å². The molecule has 0 radical (unpaired) electrons. The molecular weight excluding hydrogens is 258 g/mol. The van der Waals surface area contributed by atoms with Crippen molar-refractivity contribution in [1.82, 2.24) is 15.3 Å². The van der Waals surface area contributed by atoms with Crippen LogP contribution in [0.3, 0.4) is 0 Å². The van der Waals surface area contributed by atoms with Gasteiger partial charge in [-0.15, -0.1) is 0 Å². The number of nitrogens with zero attached hydrogens (tertiary/aromatic N) is 2. The molecule has 0 bridgehead atoms. The van der Waals surface area contributed by atoms with E-state index in [-0.39, 0.29) is 18.1 Å². The Morgan fingerprint density at radius 1 is 1.35 bits per heavy atom. The van der Waals surface area contributed by atoms with Crippen LogP contribution in [-0.2, 0) is 4.79 Å². The number of anilines is 2. The second-order valence-corrected chi connectivity index (χ2v) is 5.01. The second kappa shape index (κ2) is 7.52. The maximum absolute atomic E-state index is 11.5. The molecule has 7 heteroatoms. The van der Waals surface area contributed by atoms with E-state index in [4.69, 9.17) is 10.5 Å². The minimum absolute atomic E-state index is 0.0150. The summed E-state index contributed by atoms with van der Waals surface area (Å²) in [5.41, 5.74) is 6.27. The van der Waals surface area contributed by atoms with E-state index in [1.165, 1.54) is 6.33 Å². The molecule has 0 unspecified atom stereocenters. The molecule has 0 fully saturated rings. The molecule has 0 saturated carbocycles. The fourth-order valence-corrected chi connectivity index (χ4v) is 1.53. The summed E-state index contributed by atoms with van der Waals surface area (Å²) >= 11 is 0. The van der Waals surface area contributed by atoms with Gasteiger partial charge in [0.2, 0.25) is 11.8 Å². The largest absolute Gasteiger partial charge is 0.473 e. The number of carbonyl (C=O) groups excluding carboxylic acids is 1. The van der Waals surface area contributed by atoms with E-state index in [1.807, 2.05) is 27.7 Å². The van der Waals surface area contributed by atoms with Gasteiger partial charge in [-0.25, -0.2) is 4.98 Å². The van der Waals surface area contributed by atoms with Crippen LogP contribution in [-0.4, -0.2) is 34.6 Å². The number of rotatable bonds is 7. The lowest BCUT2D eigenvalue weighted by Gasteiger charge is -2.14. The number of amides is 1. The molecule has 1 rings (SSSR count). The van der Waals surface area contributed by atoms with Crippen molar-refractivity contribution >= 4 is 17.4 Å². The molecule has 0 aliphatic carbocycles. The highest BCUT2D eigenvalue weighted by Gasteiger charge is 2.11. The topological polar surface area (TPSA) is 102 Å². The predicted molar refractivity (Wildman–Crippen MR) is 78.6 cm³/mol. The third-order valence-corrected chi connectivity index (χ3v) is 2.29. The van der Waals surface area contributed by atoms with Crippen LogP contribution in [0.5, 0.6) is 5.88 Å². The van der Waals surface area contributed by atoms with Gasteiger partial charge in [0, 0.05) is 19.0 Å². The molecule has 1 aromatic rings. The van der Waals surface area contributed by atoms with Crippen LogP contribution in [0.4, 0.5) is 11.5 Å². The van der Waals surface area contributed by atoms with Crippen LogP contribution < -0.4 is 21.1 Å². The summed E-state index contributed by atoms with van der Waals surface area (Å²) in [6.07, 6.45) is 1.71. The van der Waals surface area contributed by atoms with E-state index < -0.39 is 0 Å². The normalized spacial score (nSPS) is 10.7. The number of hydrogen-bond donors (Lipinski definition) is 3. The Labute approximate surface area is 119 Å². The van der Waals surface area contributed by atoms with Crippen molar-refractivity contribution in [1.29, 1.82) is 0 Å². The van der Waals surface area contributed by atoms with Gasteiger partial charge in [0.05, 0.1) is 6.10 Å². The summed E-state index contributed by atoms with van der Waals surface area (Å²) in [4.78, 5) is 19.5. The van der Waals surface area contributed by atoms with E-state index in [0.717, 1.165) is 0 Å². The zero-order chi connectivity index (χ0) is 15.1. The van der Waals surface area contributed by atoms with Crippen LogP contribution in [0.25, 0.3) is 0 Å². The standard InChI is InChI=1S/C13H23N5O2/c1-8(2)18-10(19)5-6-15-12-11(14)13(17-7-16-12)20-9(3)4/h7-9H,5-6,14H2,1-4H3,(H,18,19)(H,15,16,17). The van der Waals surface area contributed by atoms with Gasteiger partial charge in [0.1, 0.15) is 12.0 Å². The second-order valence-electron chi connectivity index (χ2n) is 5.01. The lowest BCUT2D eigenvalue weighted by molar-refractivity contribution is -0.121. The van der Waals surface area contributed by atoms with Gasteiger partial charge in [-0.3, -0.25) is 4.79 Å². The van der Waals surface area contributed by atoms with Crippen molar-refractivity contribution in [2.45, 2.75) is 46.3 Å². The van der Waals surface area contributed by atoms with Gasteiger partial charge >= 0.3 is 0 Å². The number of hydrogen-bond acceptors (Lipinski definition) is 6. The molecule has 0 atom stereocenters. The molecule has 112 valence electrons. The number of nitrogens with one attached hydrogen (secondary N) is 2. The minimum atomic E-state index is -0.0168. The first-order valence-electron chi connectivity index (χ1n) is 6.70. The fraction of sp³-hybridized carbons (Fsp3) is 0.615. The molecule has 7 nitrogen and oxygen atoms in total. The summed E-state index contributed by atoms with van der Waals surface area (Å²) in [6, 6.07) is 0.137. The average molecular weight is 281 g/mol. The molecule has 1 heterocycles. The lowest BCUT2D eigenvalue weighted by atomic mass is 10.3. The number of ether oxygens (including phenoxy) is 1. The maximum Gasteiger partial charge on any atom is 0.242 e. The highest BCUT2D eigenvalue weighted by Crippen LogP contribution is 2.25. The summed E-state index contributed by atoms with van der Waals surface area (Å²) in [6.45, 7) is 8.07. The first-order valence-corrected chi connectivity index (χ1v) is 6.70. The highest BCUT2D eigenvalue weighted by molar-refractivity contribution is 5.77. The molecule has 0 spiro atoms. The molecule has 1 aromatic heterocycles. The average Bonchev–Trinajstić information content (AvgIpc) is 2.32. The Bertz CT molecular complexity index is 448. The van der Waals surface area contributed by atoms with Gasteiger partial charge in [-0.05, 0) is 27.7 Å². The van der Waals surface area contributed by atoms with E-state index in [0.29, 0.717) is 30.4 Å². The molecular formula is C13H23N5O2.